The summed E-state index contributed by atoms with van der Waals surface area (Å²) >= 11 is 0. The van der Waals surface area contributed by atoms with E-state index in [4.69, 9.17) is 0 Å². The van der Waals surface area contributed by atoms with Gasteiger partial charge in [0.05, 0.1) is 11.6 Å². The van der Waals surface area contributed by atoms with Crippen molar-refractivity contribution >= 4 is 23.3 Å². The Labute approximate surface area is 141 Å². The lowest BCUT2D eigenvalue weighted by Gasteiger charge is -2.37. The van der Waals surface area contributed by atoms with Crippen LogP contribution in [0.15, 0.2) is 24.3 Å². The Morgan fingerprint density at radius 2 is 1.88 bits per heavy atom. The Bertz CT molecular complexity index is 652. The fourth-order valence-corrected chi connectivity index (χ4v) is 4.32. The van der Waals surface area contributed by atoms with Crippen molar-refractivity contribution in [1.29, 1.82) is 0 Å². The minimum absolute atomic E-state index is 0.138. The number of hydrogen-bond acceptors (Lipinski definition) is 3. The van der Waals surface area contributed by atoms with Gasteiger partial charge in [0.15, 0.2) is 0 Å². The second-order valence-corrected chi connectivity index (χ2v) is 7.04. The first-order valence-corrected chi connectivity index (χ1v) is 8.77. The maximum Gasteiger partial charge on any atom is 0.322 e. The summed E-state index contributed by atoms with van der Waals surface area (Å²) in [4.78, 5) is 27.7. The highest BCUT2D eigenvalue weighted by molar-refractivity contribution is 5.99. The fraction of sp³-hybridized carbons (Fsp3) is 0.556. The van der Waals surface area contributed by atoms with Crippen molar-refractivity contribution in [3.05, 3.63) is 24.3 Å². The van der Waals surface area contributed by atoms with E-state index in [1.165, 1.54) is 0 Å². The van der Waals surface area contributed by atoms with Crippen molar-refractivity contribution in [2.75, 3.05) is 23.3 Å². The van der Waals surface area contributed by atoms with Crippen LogP contribution in [0.5, 0.6) is 0 Å². The summed E-state index contributed by atoms with van der Waals surface area (Å²) in [6.45, 7) is 1.37. The molecule has 1 aromatic rings. The average Bonchev–Trinajstić information content (AvgIpc) is 3.17. The van der Waals surface area contributed by atoms with Crippen molar-refractivity contribution in [1.82, 2.24) is 4.90 Å². The van der Waals surface area contributed by atoms with E-state index in [2.05, 4.69) is 5.32 Å². The zero-order valence-corrected chi connectivity index (χ0v) is 13.7. The highest BCUT2D eigenvalue weighted by Crippen LogP contribution is 2.43. The molecule has 6 nitrogen and oxygen atoms in total. The number of likely N-dealkylation sites (tertiary alicyclic amines) is 1. The number of amides is 3. The van der Waals surface area contributed by atoms with Gasteiger partial charge in [-0.05, 0) is 43.5 Å². The van der Waals surface area contributed by atoms with Crippen LogP contribution in [0.25, 0.3) is 0 Å². The standard InChI is InChI=1S/C18H23N3O3/c22-15-7-12-21(18(15)9-1-2-10-18)17(24)19-13-3-5-14(6-4-13)20-11-8-16(20)23/h3-6,15,22H,1-2,7-12H2,(H,19,24). The first-order chi connectivity index (χ1) is 11.6. The van der Waals surface area contributed by atoms with Crippen molar-refractivity contribution in [2.24, 2.45) is 0 Å². The van der Waals surface area contributed by atoms with Crippen molar-refractivity contribution in [3.8, 4) is 0 Å². The van der Waals surface area contributed by atoms with E-state index < -0.39 is 6.10 Å². The molecule has 0 bridgehead atoms. The number of nitrogens with zero attached hydrogens (tertiary/aromatic N) is 2. The molecule has 2 saturated heterocycles. The molecule has 3 amide bonds. The van der Waals surface area contributed by atoms with Crippen LogP contribution in [0.4, 0.5) is 16.2 Å². The van der Waals surface area contributed by atoms with Crippen LogP contribution in [-0.2, 0) is 4.79 Å². The number of aliphatic hydroxyl groups is 1. The Balaban J connectivity index is 1.45. The average molecular weight is 329 g/mol. The predicted molar refractivity (Wildman–Crippen MR) is 91.0 cm³/mol. The van der Waals surface area contributed by atoms with Crippen LogP contribution in [0.2, 0.25) is 0 Å². The summed E-state index contributed by atoms with van der Waals surface area (Å²) in [6, 6.07) is 7.23. The van der Waals surface area contributed by atoms with E-state index >= 15 is 0 Å². The van der Waals surface area contributed by atoms with Crippen LogP contribution >= 0.6 is 0 Å². The molecular formula is C18H23N3O3. The molecule has 24 heavy (non-hydrogen) atoms. The molecule has 3 aliphatic rings. The van der Waals surface area contributed by atoms with Crippen LogP contribution < -0.4 is 10.2 Å². The van der Waals surface area contributed by atoms with Gasteiger partial charge in [-0.2, -0.15) is 0 Å². The van der Waals surface area contributed by atoms with E-state index in [0.29, 0.717) is 25.1 Å². The summed E-state index contributed by atoms with van der Waals surface area (Å²) in [7, 11) is 0. The number of urea groups is 1. The Hall–Kier alpha value is -2.08. The van der Waals surface area contributed by atoms with E-state index in [-0.39, 0.29) is 17.5 Å². The van der Waals surface area contributed by atoms with Gasteiger partial charge in [0.2, 0.25) is 5.91 Å². The van der Waals surface area contributed by atoms with Gasteiger partial charge in [0.1, 0.15) is 0 Å². The number of benzene rings is 1. The first-order valence-electron chi connectivity index (χ1n) is 8.77. The third-order valence-electron chi connectivity index (χ3n) is 5.78. The van der Waals surface area contributed by atoms with Gasteiger partial charge >= 0.3 is 6.03 Å². The van der Waals surface area contributed by atoms with Crippen molar-refractivity contribution in [2.45, 2.75) is 50.2 Å². The molecular weight excluding hydrogens is 306 g/mol. The molecule has 6 heteroatoms. The van der Waals surface area contributed by atoms with Gasteiger partial charge in [0, 0.05) is 30.9 Å². The van der Waals surface area contributed by atoms with Crippen LogP contribution in [0, 0.1) is 0 Å². The molecule has 128 valence electrons. The number of carbonyl (C=O) groups is 2. The fourth-order valence-electron chi connectivity index (χ4n) is 4.32. The highest BCUT2D eigenvalue weighted by Gasteiger charge is 2.51. The zero-order valence-electron chi connectivity index (χ0n) is 13.7. The van der Waals surface area contributed by atoms with Gasteiger partial charge in [-0.25, -0.2) is 4.79 Å². The number of nitrogens with one attached hydrogen (secondary N) is 1. The lowest BCUT2D eigenvalue weighted by Crippen LogP contribution is -2.52. The number of β-lactam (4-membered cyclic amide) rings is 1. The topological polar surface area (TPSA) is 72.9 Å². The van der Waals surface area contributed by atoms with Gasteiger partial charge in [-0.15, -0.1) is 0 Å². The summed E-state index contributed by atoms with van der Waals surface area (Å²) in [6.07, 6.45) is 4.76. The molecule has 1 spiro atoms. The Kier molecular flexibility index (Phi) is 3.72. The molecule has 2 N–H and O–H groups in total. The van der Waals surface area contributed by atoms with Crippen LogP contribution in [0.1, 0.15) is 38.5 Å². The molecule has 0 radical (unpaired) electrons. The predicted octanol–water partition coefficient (Wildman–Crippen LogP) is 2.33. The van der Waals surface area contributed by atoms with Crippen LogP contribution in [0.3, 0.4) is 0 Å². The van der Waals surface area contributed by atoms with E-state index in [0.717, 1.165) is 37.9 Å². The van der Waals surface area contributed by atoms with Crippen molar-refractivity contribution in [3.63, 3.8) is 0 Å². The van der Waals surface area contributed by atoms with Crippen molar-refractivity contribution < 1.29 is 14.7 Å². The van der Waals surface area contributed by atoms with Gasteiger partial charge in [-0.3, -0.25) is 4.79 Å². The number of rotatable bonds is 2. The molecule has 1 aliphatic carbocycles. The number of hydrogen-bond donors (Lipinski definition) is 2. The molecule has 1 atom stereocenters. The summed E-state index contributed by atoms with van der Waals surface area (Å²) < 4.78 is 0. The zero-order chi connectivity index (χ0) is 16.7. The lowest BCUT2D eigenvalue weighted by atomic mass is 9.91. The smallest absolute Gasteiger partial charge is 0.322 e. The first kappa shape index (κ1) is 15.4. The second kappa shape index (κ2) is 5.77. The van der Waals surface area contributed by atoms with E-state index in [1.54, 1.807) is 4.90 Å². The third-order valence-corrected chi connectivity index (χ3v) is 5.78. The Morgan fingerprint density at radius 3 is 2.46 bits per heavy atom. The van der Waals surface area contributed by atoms with Gasteiger partial charge in [-0.1, -0.05) is 12.8 Å². The summed E-state index contributed by atoms with van der Waals surface area (Å²) in [5.74, 6) is 0.140. The molecule has 1 unspecified atom stereocenters. The molecule has 3 fully saturated rings. The van der Waals surface area contributed by atoms with Crippen LogP contribution in [-0.4, -0.2) is 46.7 Å². The number of anilines is 2. The van der Waals surface area contributed by atoms with E-state index in [9.17, 15) is 14.7 Å². The lowest BCUT2D eigenvalue weighted by molar-refractivity contribution is -0.122. The molecule has 1 aromatic carbocycles. The Morgan fingerprint density at radius 1 is 1.17 bits per heavy atom. The molecule has 0 aromatic heterocycles. The largest absolute Gasteiger partial charge is 0.391 e. The highest BCUT2D eigenvalue weighted by atomic mass is 16.3. The van der Waals surface area contributed by atoms with Gasteiger partial charge < -0.3 is 20.2 Å². The minimum atomic E-state index is -0.412. The molecule has 1 saturated carbocycles. The monoisotopic (exact) mass is 329 g/mol. The third kappa shape index (κ3) is 2.36. The molecule has 4 rings (SSSR count). The SMILES string of the molecule is O=C1CCN1c1ccc(NC(=O)N2CCC(O)C23CCCC3)cc1. The summed E-state index contributed by atoms with van der Waals surface area (Å²) in [5, 5.41) is 13.3. The number of carbonyl (C=O) groups excluding carboxylic acids is 2. The minimum Gasteiger partial charge on any atom is -0.391 e. The van der Waals surface area contributed by atoms with Gasteiger partial charge in [0.25, 0.3) is 0 Å². The van der Waals surface area contributed by atoms with E-state index in [1.807, 2.05) is 29.2 Å². The maximum atomic E-state index is 12.7. The maximum absolute atomic E-state index is 12.7. The molecule has 2 heterocycles. The second-order valence-electron chi connectivity index (χ2n) is 7.04. The normalized spacial score (nSPS) is 25.2. The summed E-state index contributed by atoms with van der Waals surface area (Å²) in [5.41, 5.74) is 1.22. The quantitative estimate of drug-likeness (QED) is 0.818. The molecule has 2 aliphatic heterocycles. The number of aliphatic hydroxyl groups excluding tert-OH is 1.